The number of aromatic nitrogens is 2. The highest BCUT2D eigenvalue weighted by atomic mass is 16.5. The van der Waals surface area contributed by atoms with Gasteiger partial charge in [-0.1, -0.05) is 18.2 Å². The van der Waals surface area contributed by atoms with E-state index < -0.39 is 0 Å². The molecule has 1 aromatic carbocycles. The van der Waals surface area contributed by atoms with Crippen LogP contribution in [0, 0.1) is 0 Å². The Morgan fingerprint density at radius 3 is 3.18 bits per heavy atom. The maximum absolute atomic E-state index is 12.7. The van der Waals surface area contributed by atoms with Crippen molar-refractivity contribution in [1.82, 2.24) is 15.5 Å². The van der Waals surface area contributed by atoms with Gasteiger partial charge in [0.25, 0.3) is 0 Å². The molecule has 2 unspecified atom stereocenters. The third-order valence-electron chi connectivity index (χ3n) is 4.64. The summed E-state index contributed by atoms with van der Waals surface area (Å²) in [4.78, 5) is 12.7. The van der Waals surface area contributed by atoms with Crippen molar-refractivity contribution in [2.24, 2.45) is 0 Å². The lowest BCUT2D eigenvalue weighted by Crippen LogP contribution is -2.42. The van der Waals surface area contributed by atoms with Crippen LogP contribution in [0.4, 0.5) is 0 Å². The van der Waals surface area contributed by atoms with Crippen molar-refractivity contribution in [2.45, 2.75) is 37.6 Å². The van der Waals surface area contributed by atoms with Crippen molar-refractivity contribution >= 4 is 5.91 Å². The second-order valence-electron chi connectivity index (χ2n) is 6.05. The fourth-order valence-electron chi connectivity index (χ4n) is 3.45. The number of hydrogen-bond donors (Lipinski definition) is 2. The van der Waals surface area contributed by atoms with Gasteiger partial charge >= 0.3 is 0 Å². The van der Waals surface area contributed by atoms with E-state index in [2.05, 4.69) is 15.5 Å². The van der Waals surface area contributed by atoms with Crippen molar-refractivity contribution in [2.75, 3.05) is 6.61 Å². The molecule has 22 heavy (non-hydrogen) atoms. The Kier molecular flexibility index (Phi) is 3.33. The summed E-state index contributed by atoms with van der Waals surface area (Å²) < 4.78 is 5.64. The number of carbonyl (C=O) groups is 1. The van der Waals surface area contributed by atoms with E-state index >= 15 is 0 Å². The van der Waals surface area contributed by atoms with Crippen LogP contribution in [0.2, 0.25) is 0 Å². The summed E-state index contributed by atoms with van der Waals surface area (Å²) in [7, 11) is 0. The number of fused-ring (bicyclic) bond motifs is 2. The van der Waals surface area contributed by atoms with E-state index in [1.165, 1.54) is 5.56 Å². The zero-order valence-electron chi connectivity index (χ0n) is 12.3. The number of ether oxygens (including phenoxy) is 1. The van der Waals surface area contributed by atoms with Crippen molar-refractivity contribution in [3.8, 4) is 5.75 Å². The van der Waals surface area contributed by atoms with Gasteiger partial charge in [0.1, 0.15) is 5.75 Å². The normalized spacial score (nSPS) is 23.1. The summed E-state index contributed by atoms with van der Waals surface area (Å²) in [5, 5.41) is 10.3. The molecule has 1 aliphatic heterocycles. The molecule has 114 valence electrons. The highest BCUT2D eigenvalue weighted by Crippen LogP contribution is 2.33. The topological polar surface area (TPSA) is 67.0 Å². The summed E-state index contributed by atoms with van der Waals surface area (Å²) in [5.41, 5.74) is 3.44. The van der Waals surface area contributed by atoms with Gasteiger partial charge in [-0.3, -0.25) is 9.89 Å². The van der Waals surface area contributed by atoms with Gasteiger partial charge in [-0.05, 0) is 30.9 Å². The van der Waals surface area contributed by atoms with Crippen LogP contribution < -0.4 is 10.1 Å². The smallest absolute Gasteiger partial charge is 0.228 e. The SMILES string of the molecule is O=C(NC1CCc2cn[nH]c2C1)C1CCOc2ccccc21. The summed E-state index contributed by atoms with van der Waals surface area (Å²) in [5.74, 6) is 0.852. The average Bonchev–Trinajstić information content (AvgIpc) is 3.02. The summed E-state index contributed by atoms with van der Waals surface area (Å²) in [6.07, 6.45) is 5.42. The zero-order valence-corrected chi connectivity index (χ0v) is 12.3. The van der Waals surface area contributed by atoms with Gasteiger partial charge in [-0.25, -0.2) is 0 Å². The van der Waals surface area contributed by atoms with E-state index in [0.717, 1.165) is 42.7 Å². The average molecular weight is 297 g/mol. The predicted octanol–water partition coefficient (Wildman–Crippen LogP) is 1.95. The second-order valence-corrected chi connectivity index (χ2v) is 6.05. The number of rotatable bonds is 2. The molecule has 1 aliphatic carbocycles. The van der Waals surface area contributed by atoms with Crippen LogP contribution in [0.15, 0.2) is 30.5 Å². The quantitative estimate of drug-likeness (QED) is 0.890. The summed E-state index contributed by atoms with van der Waals surface area (Å²) >= 11 is 0. The van der Waals surface area contributed by atoms with Gasteiger partial charge < -0.3 is 10.1 Å². The Labute approximate surface area is 129 Å². The highest BCUT2D eigenvalue weighted by Gasteiger charge is 2.30. The number of nitrogens with zero attached hydrogens (tertiary/aromatic N) is 1. The second kappa shape index (κ2) is 5.48. The van der Waals surface area contributed by atoms with Crippen LogP contribution in [0.5, 0.6) is 5.75 Å². The molecule has 0 radical (unpaired) electrons. The molecular formula is C17H19N3O2. The number of H-pyrrole nitrogens is 1. The number of carbonyl (C=O) groups excluding carboxylic acids is 1. The van der Waals surface area contributed by atoms with Crippen molar-refractivity contribution in [3.63, 3.8) is 0 Å². The Morgan fingerprint density at radius 2 is 2.23 bits per heavy atom. The first-order chi connectivity index (χ1) is 10.8. The van der Waals surface area contributed by atoms with Gasteiger partial charge in [0, 0.05) is 23.7 Å². The zero-order chi connectivity index (χ0) is 14.9. The van der Waals surface area contributed by atoms with Crippen molar-refractivity contribution in [3.05, 3.63) is 47.3 Å². The summed E-state index contributed by atoms with van der Waals surface area (Å²) in [6.45, 7) is 0.602. The van der Waals surface area contributed by atoms with E-state index in [9.17, 15) is 4.79 Å². The molecular weight excluding hydrogens is 278 g/mol. The fraction of sp³-hybridized carbons (Fsp3) is 0.412. The predicted molar refractivity (Wildman–Crippen MR) is 81.8 cm³/mol. The van der Waals surface area contributed by atoms with E-state index in [1.54, 1.807) is 0 Å². The molecule has 5 nitrogen and oxygen atoms in total. The molecule has 2 N–H and O–H groups in total. The molecule has 5 heteroatoms. The third-order valence-corrected chi connectivity index (χ3v) is 4.64. The highest BCUT2D eigenvalue weighted by molar-refractivity contribution is 5.85. The fourth-order valence-corrected chi connectivity index (χ4v) is 3.45. The first-order valence-corrected chi connectivity index (χ1v) is 7.84. The molecule has 0 bridgehead atoms. The lowest BCUT2D eigenvalue weighted by molar-refractivity contribution is -0.124. The summed E-state index contributed by atoms with van der Waals surface area (Å²) in [6, 6.07) is 8.03. The lowest BCUT2D eigenvalue weighted by Gasteiger charge is -2.28. The molecule has 0 saturated heterocycles. The minimum Gasteiger partial charge on any atom is -0.493 e. The first kappa shape index (κ1) is 13.4. The maximum Gasteiger partial charge on any atom is 0.228 e. The van der Waals surface area contributed by atoms with E-state index in [4.69, 9.17) is 4.74 Å². The number of aromatic amines is 1. The number of nitrogens with one attached hydrogen (secondary N) is 2. The van der Waals surface area contributed by atoms with Gasteiger partial charge in [0.05, 0.1) is 18.7 Å². The molecule has 2 atom stereocenters. The molecule has 0 saturated carbocycles. The Bertz CT molecular complexity index is 695. The number of benzene rings is 1. The molecule has 1 aromatic heterocycles. The Balaban J connectivity index is 1.47. The molecule has 4 rings (SSSR count). The lowest BCUT2D eigenvalue weighted by atomic mass is 9.90. The van der Waals surface area contributed by atoms with Gasteiger partial charge in [0.2, 0.25) is 5.91 Å². The minimum absolute atomic E-state index is 0.104. The first-order valence-electron chi connectivity index (χ1n) is 7.84. The van der Waals surface area contributed by atoms with Gasteiger partial charge in [-0.2, -0.15) is 5.10 Å². The van der Waals surface area contributed by atoms with Crippen LogP contribution in [0.1, 0.15) is 35.6 Å². The van der Waals surface area contributed by atoms with Crippen molar-refractivity contribution < 1.29 is 9.53 Å². The van der Waals surface area contributed by atoms with Crippen molar-refractivity contribution in [1.29, 1.82) is 0 Å². The molecule has 1 amide bonds. The molecule has 0 fully saturated rings. The molecule has 2 aromatic rings. The molecule has 2 aliphatic rings. The van der Waals surface area contributed by atoms with Crippen LogP contribution in [0.3, 0.4) is 0 Å². The standard InChI is InChI=1S/C17H19N3O2/c21-17(14-7-8-22-16-4-2-1-3-13(14)16)19-12-6-5-11-10-18-20-15(11)9-12/h1-4,10,12,14H,5-9H2,(H,18,20)(H,19,21). The Hall–Kier alpha value is -2.30. The Morgan fingerprint density at radius 1 is 1.32 bits per heavy atom. The third kappa shape index (κ3) is 2.36. The van der Waals surface area contributed by atoms with E-state index in [0.29, 0.717) is 6.61 Å². The number of amides is 1. The molecule has 2 heterocycles. The molecule has 0 spiro atoms. The van der Waals surface area contributed by atoms with Crippen LogP contribution in [0.25, 0.3) is 0 Å². The maximum atomic E-state index is 12.7. The largest absolute Gasteiger partial charge is 0.493 e. The van der Waals surface area contributed by atoms with E-state index in [-0.39, 0.29) is 17.9 Å². The van der Waals surface area contributed by atoms with E-state index in [1.807, 2.05) is 30.5 Å². The van der Waals surface area contributed by atoms with Gasteiger partial charge in [0.15, 0.2) is 0 Å². The number of para-hydroxylation sites is 1. The van der Waals surface area contributed by atoms with Crippen LogP contribution in [-0.4, -0.2) is 28.8 Å². The van der Waals surface area contributed by atoms with Crippen LogP contribution in [-0.2, 0) is 17.6 Å². The van der Waals surface area contributed by atoms with Crippen LogP contribution >= 0.6 is 0 Å². The monoisotopic (exact) mass is 297 g/mol. The number of aryl methyl sites for hydroxylation is 1. The minimum atomic E-state index is -0.104. The number of hydrogen-bond acceptors (Lipinski definition) is 3. The van der Waals surface area contributed by atoms with Gasteiger partial charge in [-0.15, -0.1) is 0 Å².